The quantitative estimate of drug-likeness (QED) is 0.791. The summed E-state index contributed by atoms with van der Waals surface area (Å²) < 4.78 is 0. The lowest BCUT2D eigenvalue weighted by Gasteiger charge is -2.43. The van der Waals surface area contributed by atoms with E-state index in [1.54, 1.807) is 0 Å². The standard InChI is InChI=1S/C23H34N2O4/c1-15-12-18(13-16(2)21(15)26)14-17(3)22(27)24-10-7-19(8-11-24)25-9-5-4-6-20(25)23(28)29/h12-13,17,19-20,26H,4-11,14H2,1-3H3,(H,28,29)/t17-,20-/m1/s1. The zero-order valence-electron chi connectivity index (χ0n) is 17.9. The average molecular weight is 403 g/mol. The van der Waals surface area contributed by atoms with Gasteiger partial charge >= 0.3 is 5.97 Å². The van der Waals surface area contributed by atoms with Crippen LogP contribution in [0.25, 0.3) is 0 Å². The molecule has 160 valence electrons. The molecule has 29 heavy (non-hydrogen) atoms. The van der Waals surface area contributed by atoms with Gasteiger partial charge in [-0.2, -0.15) is 0 Å². The molecule has 2 N–H and O–H groups in total. The number of phenols is 1. The second-order valence-corrected chi connectivity index (χ2v) is 8.83. The summed E-state index contributed by atoms with van der Waals surface area (Å²) in [5.74, 6) is -0.333. The molecule has 3 rings (SSSR count). The first-order valence-corrected chi connectivity index (χ1v) is 10.8. The smallest absolute Gasteiger partial charge is 0.320 e. The molecule has 0 aliphatic carbocycles. The molecule has 2 heterocycles. The number of nitrogens with zero attached hydrogens (tertiary/aromatic N) is 2. The lowest BCUT2D eigenvalue weighted by Crippen LogP contribution is -2.54. The Kier molecular flexibility index (Phi) is 6.83. The number of carboxylic acids is 1. The van der Waals surface area contributed by atoms with E-state index in [-0.39, 0.29) is 23.9 Å². The maximum absolute atomic E-state index is 13.0. The number of carboxylic acid groups (broad SMARTS) is 1. The van der Waals surface area contributed by atoms with Crippen molar-refractivity contribution in [2.24, 2.45) is 5.92 Å². The fraction of sp³-hybridized carbons (Fsp3) is 0.652. The molecule has 0 spiro atoms. The van der Waals surface area contributed by atoms with Crippen molar-refractivity contribution in [2.75, 3.05) is 19.6 Å². The number of hydrogen-bond acceptors (Lipinski definition) is 4. The summed E-state index contributed by atoms with van der Waals surface area (Å²) in [4.78, 5) is 28.7. The van der Waals surface area contributed by atoms with Gasteiger partial charge in [0.05, 0.1) is 0 Å². The molecule has 6 heteroatoms. The highest BCUT2D eigenvalue weighted by Crippen LogP contribution is 2.27. The molecule has 0 saturated carbocycles. The van der Waals surface area contributed by atoms with Gasteiger partial charge in [0, 0.05) is 25.0 Å². The molecule has 0 bridgehead atoms. The van der Waals surface area contributed by atoms with Crippen molar-refractivity contribution in [1.29, 1.82) is 0 Å². The van der Waals surface area contributed by atoms with Gasteiger partial charge in [0.25, 0.3) is 0 Å². The van der Waals surface area contributed by atoms with E-state index in [2.05, 4.69) is 4.90 Å². The molecule has 0 unspecified atom stereocenters. The number of rotatable bonds is 5. The van der Waals surface area contributed by atoms with E-state index in [1.807, 2.05) is 37.8 Å². The highest BCUT2D eigenvalue weighted by atomic mass is 16.4. The Labute approximate surface area is 173 Å². The molecular formula is C23H34N2O4. The Morgan fingerprint density at radius 1 is 1.07 bits per heavy atom. The van der Waals surface area contributed by atoms with E-state index in [9.17, 15) is 19.8 Å². The first-order valence-electron chi connectivity index (χ1n) is 10.8. The van der Waals surface area contributed by atoms with Gasteiger partial charge in [-0.05, 0) is 69.2 Å². The Balaban J connectivity index is 1.56. The third-order valence-electron chi connectivity index (χ3n) is 6.59. The van der Waals surface area contributed by atoms with Gasteiger partial charge in [0.1, 0.15) is 11.8 Å². The number of carbonyl (C=O) groups excluding carboxylic acids is 1. The molecular weight excluding hydrogens is 368 g/mol. The number of amides is 1. The molecule has 2 atom stereocenters. The van der Waals surface area contributed by atoms with Crippen molar-refractivity contribution < 1.29 is 19.8 Å². The maximum Gasteiger partial charge on any atom is 0.320 e. The Morgan fingerprint density at radius 3 is 2.28 bits per heavy atom. The van der Waals surface area contributed by atoms with Gasteiger partial charge in [-0.15, -0.1) is 0 Å². The van der Waals surface area contributed by atoms with Gasteiger partial charge in [0.2, 0.25) is 5.91 Å². The van der Waals surface area contributed by atoms with Crippen molar-refractivity contribution in [3.63, 3.8) is 0 Å². The summed E-state index contributed by atoms with van der Waals surface area (Å²) in [6.07, 6.45) is 5.13. The van der Waals surface area contributed by atoms with E-state index < -0.39 is 5.97 Å². The summed E-state index contributed by atoms with van der Waals surface area (Å²) in [5, 5.41) is 19.5. The van der Waals surface area contributed by atoms with Gasteiger partial charge in [-0.1, -0.05) is 25.5 Å². The largest absolute Gasteiger partial charge is 0.507 e. The van der Waals surface area contributed by atoms with Crippen molar-refractivity contribution in [1.82, 2.24) is 9.80 Å². The van der Waals surface area contributed by atoms with Crippen LogP contribution in [-0.2, 0) is 16.0 Å². The number of carbonyl (C=O) groups is 2. The van der Waals surface area contributed by atoms with Crippen molar-refractivity contribution in [3.05, 3.63) is 28.8 Å². The van der Waals surface area contributed by atoms with Gasteiger partial charge in [-0.3, -0.25) is 14.5 Å². The van der Waals surface area contributed by atoms with Crippen LogP contribution in [0, 0.1) is 19.8 Å². The van der Waals surface area contributed by atoms with Crippen LogP contribution < -0.4 is 0 Å². The van der Waals surface area contributed by atoms with Crippen molar-refractivity contribution in [2.45, 2.75) is 71.4 Å². The van der Waals surface area contributed by atoms with Crippen LogP contribution >= 0.6 is 0 Å². The molecule has 1 aromatic carbocycles. The topological polar surface area (TPSA) is 81.1 Å². The average Bonchev–Trinajstić information content (AvgIpc) is 2.71. The number of phenolic OH excluding ortho intramolecular Hbond substituents is 1. The van der Waals surface area contributed by atoms with Gasteiger partial charge in [-0.25, -0.2) is 0 Å². The minimum absolute atomic E-state index is 0.114. The van der Waals surface area contributed by atoms with Crippen molar-refractivity contribution in [3.8, 4) is 5.75 Å². The predicted molar refractivity (Wildman–Crippen MR) is 112 cm³/mol. The summed E-state index contributed by atoms with van der Waals surface area (Å²) in [6, 6.07) is 3.82. The zero-order valence-corrected chi connectivity index (χ0v) is 17.9. The summed E-state index contributed by atoms with van der Waals surface area (Å²) in [6.45, 7) is 7.99. The van der Waals surface area contributed by atoms with Crippen LogP contribution in [-0.4, -0.2) is 63.6 Å². The molecule has 1 amide bonds. The molecule has 1 aromatic rings. The van der Waals surface area contributed by atoms with E-state index in [0.29, 0.717) is 25.3 Å². The normalized spacial score (nSPS) is 22.4. The highest BCUT2D eigenvalue weighted by Gasteiger charge is 2.36. The second kappa shape index (κ2) is 9.16. The van der Waals surface area contributed by atoms with E-state index >= 15 is 0 Å². The summed E-state index contributed by atoms with van der Waals surface area (Å²) >= 11 is 0. The molecule has 2 aliphatic rings. The fourth-order valence-electron chi connectivity index (χ4n) is 4.99. The first kappa shape index (κ1) is 21.6. The van der Waals surface area contributed by atoms with E-state index in [4.69, 9.17) is 0 Å². The fourth-order valence-corrected chi connectivity index (χ4v) is 4.99. The monoisotopic (exact) mass is 402 g/mol. The molecule has 2 aliphatic heterocycles. The third kappa shape index (κ3) is 4.92. The second-order valence-electron chi connectivity index (χ2n) is 8.83. The number of aryl methyl sites for hydroxylation is 2. The Morgan fingerprint density at radius 2 is 1.69 bits per heavy atom. The lowest BCUT2D eigenvalue weighted by atomic mass is 9.93. The number of benzene rings is 1. The highest BCUT2D eigenvalue weighted by molar-refractivity contribution is 5.79. The first-order chi connectivity index (χ1) is 13.8. The van der Waals surface area contributed by atoms with Crippen LogP contribution in [0.4, 0.5) is 0 Å². The van der Waals surface area contributed by atoms with Crippen LogP contribution in [0.1, 0.15) is 55.7 Å². The minimum atomic E-state index is -0.712. The molecule has 0 aromatic heterocycles. The predicted octanol–water partition coefficient (Wildman–Crippen LogP) is 3.12. The van der Waals surface area contributed by atoms with Gasteiger partial charge in [0.15, 0.2) is 0 Å². The number of aromatic hydroxyl groups is 1. The number of hydrogen-bond donors (Lipinski definition) is 2. The third-order valence-corrected chi connectivity index (χ3v) is 6.59. The summed E-state index contributed by atoms with van der Waals surface area (Å²) in [5.41, 5.74) is 2.76. The van der Waals surface area contributed by atoms with Crippen LogP contribution in [0.3, 0.4) is 0 Å². The van der Waals surface area contributed by atoms with E-state index in [0.717, 1.165) is 55.3 Å². The number of likely N-dealkylation sites (tertiary alicyclic amines) is 2. The van der Waals surface area contributed by atoms with Gasteiger partial charge < -0.3 is 15.1 Å². The Hall–Kier alpha value is -2.08. The maximum atomic E-state index is 13.0. The minimum Gasteiger partial charge on any atom is -0.507 e. The van der Waals surface area contributed by atoms with Crippen LogP contribution in [0.15, 0.2) is 12.1 Å². The molecule has 6 nitrogen and oxygen atoms in total. The number of aliphatic carboxylic acids is 1. The lowest BCUT2D eigenvalue weighted by molar-refractivity contribution is -0.147. The van der Waals surface area contributed by atoms with Crippen LogP contribution in [0.2, 0.25) is 0 Å². The molecule has 2 fully saturated rings. The number of piperidine rings is 2. The Bertz CT molecular complexity index is 732. The molecule has 0 radical (unpaired) electrons. The molecule has 2 saturated heterocycles. The van der Waals surface area contributed by atoms with Crippen LogP contribution in [0.5, 0.6) is 5.75 Å². The summed E-state index contributed by atoms with van der Waals surface area (Å²) in [7, 11) is 0. The van der Waals surface area contributed by atoms with Crippen molar-refractivity contribution >= 4 is 11.9 Å². The van der Waals surface area contributed by atoms with E-state index in [1.165, 1.54) is 0 Å². The SMILES string of the molecule is Cc1cc(C[C@@H](C)C(=O)N2CCC(N3CCCC[C@@H]3C(=O)O)CC2)cc(C)c1O. The zero-order chi connectivity index (χ0) is 21.1.